The Labute approximate surface area is 97.3 Å². The second-order valence-electron chi connectivity index (χ2n) is 3.88. The lowest BCUT2D eigenvalue weighted by Gasteiger charge is -2.14. The highest BCUT2D eigenvalue weighted by Crippen LogP contribution is 2.26. The Morgan fingerprint density at radius 1 is 1.27 bits per heavy atom. The highest BCUT2D eigenvalue weighted by atomic mass is 35.5. The maximum Gasteiger partial charge on any atom is 0.0576 e. The lowest BCUT2D eigenvalue weighted by molar-refractivity contribution is 0.649. The van der Waals surface area contributed by atoms with Crippen LogP contribution in [0.2, 0.25) is 5.02 Å². The van der Waals surface area contributed by atoms with Gasteiger partial charge < -0.3 is 5.73 Å². The number of halogens is 1. The van der Waals surface area contributed by atoms with Crippen molar-refractivity contribution in [3.05, 3.63) is 29.3 Å². The molecule has 3 unspecified atom stereocenters. The molecule has 1 aromatic rings. The topological polar surface area (TPSA) is 43.1 Å². The monoisotopic (exact) mass is 243 g/mol. The lowest BCUT2D eigenvalue weighted by Crippen LogP contribution is -2.32. The first-order valence-electron chi connectivity index (χ1n) is 5.10. The van der Waals surface area contributed by atoms with Crippen LogP contribution in [-0.2, 0) is 10.8 Å². The van der Waals surface area contributed by atoms with Crippen LogP contribution in [-0.4, -0.2) is 15.5 Å². The van der Waals surface area contributed by atoms with Crippen molar-refractivity contribution in [1.29, 1.82) is 0 Å². The summed E-state index contributed by atoms with van der Waals surface area (Å²) in [6, 6.07) is 7.28. The minimum Gasteiger partial charge on any atom is -0.327 e. The van der Waals surface area contributed by atoms with Crippen molar-refractivity contribution in [2.75, 3.05) is 0 Å². The van der Waals surface area contributed by atoms with Crippen LogP contribution < -0.4 is 5.73 Å². The maximum atomic E-state index is 12.2. The summed E-state index contributed by atoms with van der Waals surface area (Å²) in [5.41, 5.74) is 5.93. The average molecular weight is 244 g/mol. The van der Waals surface area contributed by atoms with Gasteiger partial charge in [0.05, 0.1) is 16.0 Å². The zero-order chi connectivity index (χ0) is 10.8. The van der Waals surface area contributed by atoms with E-state index in [1.165, 1.54) is 0 Å². The van der Waals surface area contributed by atoms with E-state index in [-0.39, 0.29) is 11.3 Å². The van der Waals surface area contributed by atoms with Gasteiger partial charge in [0.15, 0.2) is 0 Å². The van der Waals surface area contributed by atoms with E-state index in [1.54, 1.807) is 12.1 Å². The van der Waals surface area contributed by atoms with Gasteiger partial charge in [-0.15, -0.1) is 0 Å². The molecule has 1 aromatic carbocycles. The number of hydrogen-bond acceptors (Lipinski definition) is 2. The zero-order valence-electron chi connectivity index (χ0n) is 8.36. The molecule has 0 aliphatic heterocycles. The molecule has 1 saturated carbocycles. The third-order valence-corrected chi connectivity index (χ3v) is 4.95. The Morgan fingerprint density at radius 3 is 2.47 bits per heavy atom. The standard InChI is InChI=1S/C11H14ClNOS/c12-8-4-6-9(7-5-8)15(14)11-3-1-2-10(11)13/h4-7,10-11H,1-3,13H2. The van der Waals surface area contributed by atoms with Crippen molar-refractivity contribution in [2.24, 2.45) is 5.73 Å². The van der Waals surface area contributed by atoms with E-state index in [9.17, 15) is 4.21 Å². The Hall–Kier alpha value is -0.380. The summed E-state index contributed by atoms with van der Waals surface area (Å²) >= 11 is 5.78. The largest absolute Gasteiger partial charge is 0.327 e. The Bertz CT molecular complexity index is 365. The van der Waals surface area contributed by atoms with E-state index >= 15 is 0 Å². The molecule has 82 valence electrons. The average Bonchev–Trinajstić information content (AvgIpc) is 2.65. The van der Waals surface area contributed by atoms with Crippen LogP contribution >= 0.6 is 11.6 Å². The molecule has 0 aromatic heterocycles. The molecule has 2 N–H and O–H groups in total. The highest BCUT2D eigenvalue weighted by molar-refractivity contribution is 7.85. The summed E-state index contributed by atoms with van der Waals surface area (Å²) in [6.45, 7) is 0. The third-order valence-electron chi connectivity index (χ3n) is 2.82. The maximum absolute atomic E-state index is 12.2. The SMILES string of the molecule is NC1CCCC1S(=O)c1ccc(Cl)cc1. The first kappa shape index (κ1) is 11.1. The Kier molecular flexibility index (Phi) is 3.44. The summed E-state index contributed by atoms with van der Waals surface area (Å²) < 4.78 is 12.2. The first-order chi connectivity index (χ1) is 7.18. The van der Waals surface area contributed by atoms with Gasteiger partial charge in [-0.1, -0.05) is 18.0 Å². The van der Waals surface area contributed by atoms with E-state index in [0.29, 0.717) is 5.02 Å². The highest BCUT2D eigenvalue weighted by Gasteiger charge is 2.29. The van der Waals surface area contributed by atoms with Crippen LogP contribution in [0, 0.1) is 0 Å². The summed E-state index contributed by atoms with van der Waals surface area (Å²) in [4.78, 5) is 0.835. The molecule has 15 heavy (non-hydrogen) atoms. The molecule has 0 amide bonds. The molecule has 0 heterocycles. The van der Waals surface area contributed by atoms with Crippen LogP contribution in [0.15, 0.2) is 29.2 Å². The van der Waals surface area contributed by atoms with Crippen molar-refractivity contribution in [1.82, 2.24) is 0 Å². The molecule has 2 rings (SSSR count). The molecule has 0 radical (unpaired) electrons. The van der Waals surface area contributed by atoms with Crippen molar-refractivity contribution in [3.8, 4) is 0 Å². The van der Waals surface area contributed by atoms with Gasteiger partial charge >= 0.3 is 0 Å². The van der Waals surface area contributed by atoms with Crippen LogP contribution in [0.5, 0.6) is 0 Å². The van der Waals surface area contributed by atoms with Gasteiger partial charge in [0, 0.05) is 16.0 Å². The zero-order valence-corrected chi connectivity index (χ0v) is 9.93. The predicted molar refractivity (Wildman–Crippen MR) is 63.5 cm³/mol. The molecule has 1 aliphatic carbocycles. The molecular formula is C11H14ClNOS. The summed E-state index contributed by atoms with van der Waals surface area (Å²) in [5, 5.41) is 0.789. The van der Waals surface area contributed by atoms with E-state index in [2.05, 4.69) is 0 Å². The fourth-order valence-electron chi connectivity index (χ4n) is 1.96. The van der Waals surface area contributed by atoms with E-state index < -0.39 is 10.8 Å². The van der Waals surface area contributed by atoms with Crippen LogP contribution in [0.3, 0.4) is 0 Å². The number of hydrogen-bond donors (Lipinski definition) is 1. The van der Waals surface area contributed by atoms with Gasteiger partial charge in [-0.3, -0.25) is 4.21 Å². The van der Waals surface area contributed by atoms with Gasteiger partial charge in [0.2, 0.25) is 0 Å². The van der Waals surface area contributed by atoms with Crippen LogP contribution in [0.25, 0.3) is 0 Å². The Morgan fingerprint density at radius 2 is 1.93 bits per heavy atom. The molecular weight excluding hydrogens is 230 g/mol. The molecule has 0 bridgehead atoms. The number of nitrogens with two attached hydrogens (primary N) is 1. The minimum absolute atomic E-state index is 0.0847. The van der Waals surface area contributed by atoms with Crippen LogP contribution in [0.1, 0.15) is 19.3 Å². The summed E-state index contributed by atoms with van der Waals surface area (Å²) in [5.74, 6) is 0. The molecule has 0 spiro atoms. The number of benzene rings is 1. The van der Waals surface area contributed by atoms with Gasteiger partial charge in [-0.2, -0.15) is 0 Å². The molecule has 3 atom stereocenters. The van der Waals surface area contributed by atoms with Crippen molar-refractivity contribution in [3.63, 3.8) is 0 Å². The van der Waals surface area contributed by atoms with Gasteiger partial charge in [-0.05, 0) is 37.1 Å². The molecule has 1 aliphatic rings. The number of rotatable bonds is 2. The summed E-state index contributed by atoms with van der Waals surface area (Å²) in [6.07, 6.45) is 3.05. The van der Waals surface area contributed by atoms with Gasteiger partial charge in [0.25, 0.3) is 0 Å². The second kappa shape index (κ2) is 4.64. The van der Waals surface area contributed by atoms with Gasteiger partial charge in [-0.25, -0.2) is 0 Å². The fraction of sp³-hybridized carbons (Fsp3) is 0.455. The van der Waals surface area contributed by atoms with E-state index in [1.807, 2.05) is 12.1 Å². The smallest absolute Gasteiger partial charge is 0.0576 e. The molecule has 1 fully saturated rings. The van der Waals surface area contributed by atoms with Crippen molar-refractivity contribution in [2.45, 2.75) is 35.4 Å². The second-order valence-corrected chi connectivity index (χ2v) is 5.99. The summed E-state index contributed by atoms with van der Waals surface area (Å²) in [7, 11) is -0.981. The van der Waals surface area contributed by atoms with Gasteiger partial charge in [0.1, 0.15) is 0 Å². The van der Waals surface area contributed by atoms with Crippen molar-refractivity contribution >= 4 is 22.4 Å². The normalized spacial score (nSPS) is 27.9. The van der Waals surface area contributed by atoms with Crippen LogP contribution in [0.4, 0.5) is 0 Å². The van der Waals surface area contributed by atoms with E-state index in [0.717, 1.165) is 24.2 Å². The fourth-order valence-corrected chi connectivity index (χ4v) is 3.68. The lowest BCUT2D eigenvalue weighted by atomic mass is 10.3. The minimum atomic E-state index is -0.981. The molecule has 0 saturated heterocycles. The van der Waals surface area contributed by atoms with Crippen molar-refractivity contribution < 1.29 is 4.21 Å². The predicted octanol–water partition coefficient (Wildman–Crippen LogP) is 2.33. The first-order valence-corrected chi connectivity index (χ1v) is 6.69. The third kappa shape index (κ3) is 2.41. The Balaban J connectivity index is 2.17. The molecule has 2 nitrogen and oxygen atoms in total. The molecule has 4 heteroatoms. The van der Waals surface area contributed by atoms with E-state index in [4.69, 9.17) is 17.3 Å². The quantitative estimate of drug-likeness (QED) is 0.867.